The third-order valence-electron chi connectivity index (χ3n) is 4.88. The maximum absolute atomic E-state index is 13.1. The van der Waals surface area contributed by atoms with Gasteiger partial charge in [-0.3, -0.25) is 0 Å². The predicted molar refractivity (Wildman–Crippen MR) is 112 cm³/mol. The van der Waals surface area contributed by atoms with Crippen LogP contribution in [0.2, 0.25) is 0 Å². The summed E-state index contributed by atoms with van der Waals surface area (Å²) in [7, 11) is -2.27. The van der Waals surface area contributed by atoms with Crippen LogP contribution in [0, 0.1) is 5.82 Å². The summed E-state index contributed by atoms with van der Waals surface area (Å²) >= 11 is 0. The average molecular weight is 447 g/mol. The molecule has 1 atom stereocenters. The average Bonchev–Trinajstić information content (AvgIpc) is 3.45. The van der Waals surface area contributed by atoms with Crippen LogP contribution in [-0.2, 0) is 14.8 Å². The molecule has 2 heterocycles. The van der Waals surface area contributed by atoms with E-state index in [0.717, 1.165) is 12.8 Å². The SMILES string of the molecule is COc1ccc(S(=O)(=O)NCC2CCCO2)cc1Nc1ncc(-c2ccc(F)cc2)o1. The first kappa shape index (κ1) is 21.3. The lowest BCUT2D eigenvalue weighted by molar-refractivity contribution is 0.114. The molecule has 3 aromatic rings. The number of anilines is 2. The summed E-state index contributed by atoms with van der Waals surface area (Å²) in [6, 6.07) is 10.4. The summed E-state index contributed by atoms with van der Waals surface area (Å²) in [5.41, 5.74) is 1.03. The van der Waals surface area contributed by atoms with E-state index in [1.807, 2.05) is 0 Å². The lowest BCUT2D eigenvalue weighted by atomic mass is 10.2. The predicted octanol–water partition coefficient (Wildman–Crippen LogP) is 3.69. The molecule has 10 heteroatoms. The highest BCUT2D eigenvalue weighted by Gasteiger charge is 2.21. The molecular weight excluding hydrogens is 425 g/mol. The molecule has 1 saturated heterocycles. The van der Waals surface area contributed by atoms with Crippen molar-refractivity contribution in [2.24, 2.45) is 0 Å². The highest BCUT2D eigenvalue weighted by atomic mass is 32.2. The van der Waals surface area contributed by atoms with Crippen molar-refractivity contribution in [1.82, 2.24) is 9.71 Å². The van der Waals surface area contributed by atoms with E-state index in [0.29, 0.717) is 29.4 Å². The van der Waals surface area contributed by atoms with Crippen LogP contribution in [-0.4, -0.2) is 39.8 Å². The molecule has 1 unspecified atom stereocenters. The molecule has 0 saturated carbocycles. The molecule has 2 aromatic carbocycles. The van der Waals surface area contributed by atoms with Crippen LogP contribution in [0.1, 0.15) is 12.8 Å². The Hall–Kier alpha value is -2.95. The summed E-state index contributed by atoms with van der Waals surface area (Å²) in [6.45, 7) is 0.872. The van der Waals surface area contributed by atoms with Crippen molar-refractivity contribution in [2.75, 3.05) is 25.6 Å². The number of sulfonamides is 1. The van der Waals surface area contributed by atoms with Gasteiger partial charge in [-0.25, -0.2) is 22.5 Å². The van der Waals surface area contributed by atoms with Crippen LogP contribution in [0.25, 0.3) is 11.3 Å². The Morgan fingerprint density at radius 2 is 2.03 bits per heavy atom. The van der Waals surface area contributed by atoms with Crippen LogP contribution < -0.4 is 14.8 Å². The third kappa shape index (κ3) is 5.04. The minimum absolute atomic E-state index is 0.0686. The molecule has 1 aliphatic rings. The molecule has 31 heavy (non-hydrogen) atoms. The van der Waals surface area contributed by atoms with Crippen molar-refractivity contribution < 1.29 is 26.7 Å². The first-order valence-corrected chi connectivity index (χ1v) is 11.2. The maximum Gasteiger partial charge on any atom is 0.299 e. The van der Waals surface area contributed by atoms with Crippen molar-refractivity contribution in [1.29, 1.82) is 0 Å². The van der Waals surface area contributed by atoms with Gasteiger partial charge in [-0.15, -0.1) is 0 Å². The molecule has 164 valence electrons. The zero-order valence-corrected chi connectivity index (χ0v) is 17.6. The van der Waals surface area contributed by atoms with E-state index in [9.17, 15) is 12.8 Å². The molecule has 2 N–H and O–H groups in total. The lowest BCUT2D eigenvalue weighted by Crippen LogP contribution is -2.31. The van der Waals surface area contributed by atoms with Crippen LogP contribution in [0.3, 0.4) is 0 Å². The van der Waals surface area contributed by atoms with Gasteiger partial charge in [-0.1, -0.05) is 0 Å². The Morgan fingerprint density at radius 3 is 2.74 bits per heavy atom. The minimum Gasteiger partial charge on any atom is -0.495 e. The quantitative estimate of drug-likeness (QED) is 0.543. The molecule has 8 nitrogen and oxygen atoms in total. The molecule has 0 amide bonds. The smallest absolute Gasteiger partial charge is 0.299 e. The number of ether oxygens (including phenoxy) is 2. The summed E-state index contributed by atoms with van der Waals surface area (Å²) in [5.74, 6) is 0.501. The molecule has 1 aliphatic heterocycles. The van der Waals surface area contributed by atoms with Crippen molar-refractivity contribution in [3.8, 4) is 17.1 Å². The van der Waals surface area contributed by atoms with Crippen LogP contribution in [0.4, 0.5) is 16.1 Å². The number of nitrogens with zero attached hydrogens (tertiary/aromatic N) is 1. The van der Waals surface area contributed by atoms with Gasteiger partial charge in [0, 0.05) is 18.7 Å². The summed E-state index contributed by atoms with van der Waals surface area (Å²) in [5, 5.41) is 2.94. The zero-order chi connectivity index (χ0) is 21.8. The monoisotopic (exact) mass is 447 g/mol. The van der Waals surface area contributed by atoms with Crippen molar-refractivity contribution in [3.63, 3.8) is 0 Å². The van der Waals surface area contributed by atoms with Crippen LogP contribution in [0.5, 0.6) is 5.75 Å². The topological polar surface area (TPSA) is 103 Å². The Bertz CT molecular complexity index is 1140. The molecule has 4 rings (SSSR count). The molecule has 0 bridgehead atoms. The number of aromatic nitrogens is 1. The molecule has 1 aromatic heterocycles. The van der Waals surface area contributed by atoms with Gasteiger partial charge in [-0.2, -0.15) is 0 Å². The van der Waals surface area contributed by atoms with E-state index >= 15 is 0 Å². The van der Waals surface area contributed by atoms with Gasteiger partial charge >= 0.3 is 0 Å². The van der Waals surface area contributed by atoms with E-state index in [2.05, 4.69) is 15.0 Å². The normalized spacial score (nSPS) is 16.4. The molecular formula is C21H22FN3O5S. The highest BCUT2D eigenvalue weighted by Crippen LogP contribution is 2.31. The van der Waals surface area contributed by atoms with Crippen molar-refractivity contribution in [2.45, 2.75) is 23.8 Å². The maximum atomic E-state index is 13.1. The number of halogens is 1. The second-order valence-electron chi connectivity index (χ2n) is 7.01. The van der Waals surface area contributed by atoms with E-state index in [1.54, 1.807) is 18.2 Å². The fraction of sp³-hybridized carbons (Fsp3) is 0.286. The standard InChI is InChI=1S/C21H22FN3O5S/c1-28-19-9-8-17(31(26,27)24-12-16-3-2-10-29-16)11-18(19)25-21-23-13-20(30-21)14-4-6-15(22)7-5-14/h4-9,11,13,16,24H,2-3,10,12H2,1H3,(H,23,25). The zero-order valence-electron chi connectivity index (χ0n) is 16.8. The summed E-state index contributed by atoms with van der Waals surface area (Å²) in [4.78, 5) is 4.23. The Balaban J connectivity index is 1.53. The van der Waals surface area contributed by atoms with E-state index in [4.69, 9.17) is 13.9 Å². The van der Waals surface area contributed by atoms with Gasteiger partial charge in [-0.05, 0) is 55.3 Å². The second kappa shape index (κ2) is 9.04. The molecule has 1 fully saturated rings. The second-order valence-corrected chi connectivity index (χ2v) is 8.78. The number of methoxy groups -OCH3 is 1. The molecule has 0 radical (unpaired) electrons. The summed E-state index contributed by atoms with van der Waals surface area (Å²) < 4.78 is 57.6. The van der Waals surface area contributed by atoms with Crippen LogP contribution in [0.15, 0.2) is 58.0 Å². The molecule has 0 aliphatic carbocycles. The number of hydrogen-bond donors (Lipinski definition) is 2. The number of benzene rings is 2. The van der Waals surface area contributed by atoms with E-state index in [1.165, 1.54) is 37.6 Å². The number of oxazole rings is 1. The fourth-order valence-corrected chi connectivity index (χ4v) is 4.33. The first-order valence-electron chi connectivity index (χ1n) is 9.73. The van der Waals surface area contributed by atoms with Crippen molar-refractivity contribution in [3.05, 3.63) is 54.5 Å². The highest BCUT2D eigenvalue weighted by molar-refractivity contribution is 7.89. The van der Waals surface area contributed by atoms with Gasteiger partial charge in [0.05, 0.1) is 30.0 Å². The van der Waals surface area contributed by atoms with Crippen molar-refractivity contribution >= 4 is 21.7 Å². The Morgan fingerprint density at radius 1 is 1.23 bits per heavy atom. The van der Waals surface area contributed by atoms with Gasteiger partial charge in [0.15, 0.2) is 5.76 Å². The van der Waals surface area contributed by atoms with Gasteiger partial charge in [0.1, 0.15) is 11.6 Å². The lowest BCUT2D eigenvalue weighted by Gasteiger charge is -2.14. The number of hydrogen-bond acceptors (Lipinski definition) is 7. The van der Waals surface area contributed by atoms with E-state index in [-0.39, 0.29) is 29.4 Å². The largest absolute Gasteiger partial charge is 0.495 e. The van der Waals surface area contributed by atoms with E-state index < -0.39 is 10.0 Å². The Labute approximate surface area is 179 Å². The Kier molecular flexibility index (Phi) is 6.21. The summed E-state index contributed by atoms with van der Waals surface area (Å²) in [6.07, 6.45) is 3.14. The van der Waals surface area contributed by atoms with Gasteiger partial charge in [0.25, 0.3) is 6.01 Å². The minimum atomic E-state index is -3.74. The number of nitrogens with one attached hydrogen (secondary N) is 2. The molecule has 0 spiro atoms. The number of rotatable bonds is 8. The van der Waals surface area contributed by atoms with Gasteiger partial charge in [0.2, 0.25) is 10.0 Å². The van der Waals surface area contributed by atoms with Crippen LogP contribution >= 0.6 is 0 Å². The third-order valence-corrected chi connectivity index (χ3v) is 6.30. The van der Waals surface area contributed by atoms with Gasteiger partial charge < -0.3 is 19.2 Å². The first-order chi connectivity index (χ1) is 14.9. The fourth-order valence-electron chi connectivity index (χ4n) is 3.24.